The van der Waals surface area contributed by atoms with Crippen molar-refractivity contribution in [2.24, 2.45) is 7.05 Å². The molecule has 154 valence electrons. The molecule has 1 saturated heterocycles. The van der Waals surface area contributed by atoms with Gasteiger partial charge in [0.1, 0.15) is 0 Å². The standard InChI is InChI=1S/C22H29N5OS/c1-21(2)12-15(13-22(3,4)25-21)26(5)20-24-23-18(29-20)16-11-14-9-7-8-10-17(14)27(6)19(16)28/h7-11,15,25H,12-13H2,1-6H3. The zero-order valence-electron chi connectivity index (χ0n) is 18.0. The monoisotopic (exact) mass is 411 g/mol. The van der Waals surface area contributed by atoms with Crippen molar-refractivity contribution in [1.82, 2.24) is 20.1 Å². The number of hydrogen-bond acceptors (Lipinski definition) is 6. The summed E-state index contributed by atoms with van der Waals surface area (Å²) in [5.41, 5.74) is 1.60. The largest absolute Gasteiger partial charge is 0.347 e. The molecule has 1 aromatic carbocycles. The minimum atomic E-state index is -0.0433. The van der Waals surface area contributed by atoms with Crippen molar-refractivity contribution in [3.63, 3.8) is 0 Å². The number of benzene rings is 1. The van der Waals surface area contributed by atoms with Gasteiger partial charge in [-0.05, 0) is 58.1 Å². The molecule has 0 unspecified atom stereocenters. The van der Waals surface area contributed by atoms with Crippen molar-refractivity contribution in [2.45, 2.75) is 57.7 Å². The summed E-state index contributed by atoms with van der Waals surface area (Å²) in [5, 5.41) is 15.1. The van der Waals surface area contributed by atoms with Gasteiger partial charge in [0, 0.05) is 31.2 Å². The molecule has 1 aliphatic rings. The van der Waals surface area contributed by atoms with E-state index in [9.17, 15) is 4.79 Å². The Morgan fingerprint density at radius 2 is 1.79 bits per heavy atom. The molecule has 3 aromatic rings. The summed E-state index contributed by atoms with van der Waals surface area (Å²) < 4.78 is 1.69. The Hall–Kier alpha value is -2.25. The molecule has 6 nitrogen and oxygen atoms in total. The zero-order valence-corrected chi connectivity index (χ0v) is 18.8. The van der Waals surface area contributed by atoms with E-state index in [1.54, 1.807) is 11.6 Å². The molecule has 0 aliphatic carbocycles. The zero-order chi connectivity index (χ0) is 21.0. The van der Waals surface area contributed by atoms with Crippen molar-refractivity contribution >= 4 is 27.4 Å². The number of aromatic nitrogens is 3. The van der Waals surface area contributed by atoms with E-state index in [0.717, 1.165) is 28.9 Å². The second-order valence-corrected chi connectivity index (χ2v) is 10.4. The quantitative estimate of drug-likeness (QED) is 0.710. The van der Waals surface area contributed by atoms with E-state index in [-0.39, 0.29) is 16.6 Å². The third kappa shape index (κ3) is 3.81. The van der Waals surface area contributed by atoms with Crippen molar-refractivity contribution in [3.8, 4) is 10.6 Å². The maximum atomic E-state index is 12.9. The van der Waals surface area contributed by atoms with Crippen LogP contribution in [0.25, 0.3) is 21.5 Å². The lowest BCUT2D eigenvalue weighted by Crippen LogP contribution is -2.61. The highest BCUT2D eigenvalue weighted by molar-refractivity contribution is 7.18. The predicted molar refractivity (Wildman–Crippen MR) is 121 cm³/mol. The fourth-order valence-corrected chi connectivity index (χ4v) is 5.63. The van der Waals surface area contributed by atoms with Gasteiger partial charge in [0.05, 0.1) is 11.1 Å². The Morgan fingerprint density at radius 3 is 2.48 bits per heavy atom. The van der Waals surface area contributed by atoms with Crippen LogP contribution < -0.4 is 15.8 Å². The molecule has 0 atom stereocenters. The Kier molecular flexibility index (Phi) is 4.78. The first-order valence-corrected chi connectivity index (χ1v) is 10.8. The fraction of sp³-hybridized carbons (Fsp3) is 0.500. The molecule has 0 amide bonds. The maximum Gasteiger partial charge on any atom is 0.261 e. The molecule has 1 fully saturated rings. The number of pyridine rings is 1. The molecule has 0 bridgehead atoms. The van der Waals surface area contributed by atoms with Gasteiger partial charge in [-0.2, -0.15) is 0 Å². The van der Waals surface area contributed by atoms with Gasteiger partial charge in [0.25, 0.3) is 5.56 Å². The van der Waals surface area contributed by atoms with E-state index in [4.69, 9.17) is 0 Å². The smallest absolute Gasteiger partial charge is 0.261 e. The Bertz CT molecular complexity index is 1100. The Morgan fingerprint density at radius 1 is 1.14 bits per heavy atom. The van der Waals surface area contributed by atoms with Gasteiger partial charge in [-0.1, -0.05) is 29.5 Å². The van der Waals surface area contributed by atoms with Crippen molar-refractivity contribution in [1.29, 1.82) is 0 Å². The second-order valence-electron chi connectivity index (χ2n) is 9.44. The fourth-order valence-electron chi connectivity index (χ4n) is 4.74. The highest BCUT2D eigenvalue weighted by Gasteiger charge is 2.39. The van der Waals surface area contributed by atoms with Crippen LogP contribution in [0.15, 0.2) is 35.1 Å². The number of para-hydroxylation sites is 1. The van der Waals surface area contributed by atoms with Crippen LogP contribution in [-0.4, -0.2) is 38.9 Å². The summed E-state index contributed by atoms with van der Waals surface area (Å²) in [7, 11) is 3.90. The topological polar surface area (TPSA) is 63.1 Å². The van der Waals surface area contributed by atoms with Crippen LogP contribution >= 0.6 is 11.3 Å². The van der Waals surface area contributed by atoms with Gasteiger partial charge in [-0.3, -0.25) is 4.79 Å². The van der Waals surface area contributed by atoms with Gasteiger partial charge in [0.15, 0.2) is 5.01 Å². The number of nitrogens with zero attached hydrogens (tertiary/aromatic N) is 4. The predicted octanol–water partition coefficient (Wildman–Crippen LogP) is 3.80. The van der Waals surface area contributed by atoms with Crippen LogP contribution in [0, 0.1) is 0 Å². The number of hydrogen-bond donors (Lipinski definition) is 1. The lowest BCUT2D eigenvalue weighted by Gasteiger charge is -2.48. The lowest BCUT2D eigenvalue weighted by atomic mass is 9.79. The number of rotatable bonds is 3. The molecular formula is C22H29N5OS. The Labute approximate surface area is 175 Å². The molecule has 1 N–H and O–H groups in total. The summed E-state index contributed by atoms with van der Waals surface area (Å²) in [6.07, 6.45) is 2.05. The van der Waals surface area contributed by atoms with Crippen LogP contribution in [-0.2, 0) is 7.05 Å². The minimum absolute atomic E-state index is 0.0433. The SMILES string of the molecule is CN(c1nnc(-c2cc3ccccc3n(C)c2=O)s1)C1CC(C)(C)NC(C)(C)C1. The van der Waals surface area contributed by atoms with Gasteiger partial charge >= 0.3 is 0 Å². The van der Waals surface area contributed by atoms with E-state index in [1.807, 2.05) is 30.3 Å². The second kappa shape index (κ2) is 6.92. The normalized spacial score (nSPS) is 18.8. The first-order chi connectivity index (χ1) is 13.6. The average Bonchev–Trinajstić information content (AvgIpc) is 3.11. The van der Waals surface area contributed by atoms with E-state index in [0.29, 0.717) is 16.6 Å². The number of piperidine rings is 1. The van der Waals surface area contributed by atoms with Gasteiger partial charge in [0.2, 0.25) is 5.13 Å². The number of anilines is 1. The third-order valence-electron chi connectivity index (χ3n) is 5.80. The lowest BCUT2D eigenvalue weighted by molar-refractivity contribution is 0.161. The van der Waals surface area contributed by atoms with Crippen LogP contribution in [0.2, 0.25) is 0 Å². The summed E-state index contributed by atoms with van der Waals surface area (Å²) in [6.45, 7) is 9.00. The highest BCUT2D eigenvalue weighted by atomic mass is 32.1. The molecule has 1 aliphatic heterocycles. The Balaban J connectivity index is 1.68. The number of nitrogens with one attached hydrogen (secondary N) is 1. The van der Waals surface area contributed by atoms with E-state index >= 15 is 0 Å². The van der Waals surface area contributed by atoms with Crippen LogP contribution in [0.4, 0.5) is 5.13 Å². The summed E-state index contributed by atoms with van der Waals surface area (Å²) in [4.78, 5) is 15.1. The minimum Gasteiger partial charge on any atom is -0.347 e. The number of fused-ring (bicyclic) bond motifs is 1. The molecule has 2 aromatic heterocycles. The molecule has 0 radical (unpaired) electrons. The molecule has 7 heteroatoms. The van der Waals surface area contributed by atoms with Crippen molar-refractivity contribution < 1.29 is 0 Å². The number of aryl methyl sites for hydroxylation is 1. The van der Waals surface area contributed by atoms with E-state index in [2.05, 4.69) is 55.2 Å². The van der Waals surface area contributed by atoms with Crippen LogP contribution in [0.5, 0.6) is 0 Å². The van der Waals surface area contributed by atoms with Crippen LogP contribution in [0.1, 0.15) is 40.5 Å². The van der Waals surface area contributed by atoms with Gasteiger partial charge in [-0.15, -0.1) is 10.2 Å². The molecule has 4 rings (SSSR count). The molecule has 0 spiro atoms. The summed E-state index contributed by atoms with van der Waals surface area (Å²) in [6, 6.07) is 10.2. The average molecular weight is 412 g/mol. The first-order valence-electron chi connectivity index (χ1n) is 10.0. The summed E-state index contributed by atoms with van der Waals surface area (Å²) >= 11 is 1.49. The maximum absolute atomic E-state index is 12.9. The van der Waals surface area contributed by atoms with Crippen molar-refractivity contribution in [3.05, 3.63) is 40.7 Å². The molecular weight excluding hydrogens is 382 g/mol. The molecule has 29 heavy (non-hydrogen) atoms. The summed E-state index contributed by atoms with van der Waals surface area (Å²) in [5.74, 6) is 0. The highest BCUT2D eigenvalue weighted by Crippen LogP contribution is 2.35. The van der Waals surface area contributed by atoms with E-state index in [1.165, 1.54) is 11.3 Å². The van der Waals surface area contributed by atoms with E-state index < -0.39 is 0 Å². The molecule has 3 heterocycles. The first kappa shape index (κ1) is 20.0. The third-order valence-corrected chi connectivity index (χ3v) is 6.84. The van der Waals surface area contributed by atoms with Gasteiger partial charge < -0.3 is 14.8 Å². The van der Waals surface area contributed by atoms with Crippen LogP contribution in [0.3, 0.4) is 0 Å². The molecule has 0 saturated carbocycles. The van der Waals surface area contributed by atoms with Crippen molar-refractivity contribution in [2.75, 3.05) is 11.9 Å². The van der Waals surface area contributed by atoms with Gasteiger partial charge in [-0.25, -0.2) is 0 Å².